The zero-order valence-electron chi connectivity index (χ0n) is 17.3. The fraction of sp³-hybridized carbons (Fsp3) is 0.706. The van der Waals surface area contributed by atoms with Crippen LogP contribution in [0.3, 0.4) is 0 Å². The van der Waals surface area contributed by atoms with E-state index in [-0.39, 0.29) is 46.7 Å². The van der Waals surface area contributed by atoms with E-state index in [0.717, 1.165) is 0 Å². The molecule has 1 fully saturated rings. The number of hydrogen-bond acceptors (Lipinski definition) is 10. The Hall–Kier alpha value is -1.13. The van der Waals surface area contributed by atoms with Gasteiger partial charge in [0.2, 0.25) is 10.0 Å². The molecule has 0 spiro atoms. The SMILES string of the molecule is CCN[C@H]1CN(CCCOC(=O)CN2CCOCC2)S(=O)(=O)c2sc(S(N)(=O)=O)cc21. The van der Waals surface area contributed by atoms with E-state index in [4.69, 9.17) is 14.6 Å². The van der Waals surface area contributed by atoms with Gasteiger partial charge in [0.1, 0.15) is 8.42 Å². The molecule has 3 N–H and O–H groups in total. The molecule has 3 rings (SSSR count). The molecule has 11 nitrogen and oxygen atoms in total. The van der Waals surface area contributed by atoms with Gasteiger partial charge in [-0.05, 0) is 19.0 Å². The average molecular weight is 497 g/mol. The number of nitrogens with one attached hydrogen (secondary N) is 1. The highest BCUT2D eigenvalue weighted by atomic mass is 32.3. The summed E-state index contributed by atoms with van der Waals surface area (Å²) < 4.78 is 61.1. The molecule has 14 heteroatoms. The lowest BCUT2D eigenvalue weighted by atomic mass is 10.1. The van der Waals surface area contributed by atoms with Crippen LogP contribution in [-0.4, -0.2) is 91.1 Å². The maximum atomic E-state index is 13.0. The van der Waals surface area contributed by atoms with E-state index < -0.39 is 20.0 Å². The van der Waals surface area contributed by atoms with Crippen molar-refractivity contribution in [1.29, 1.82) is 0 Å². The number of carbonyl (C=O) groups excluding carboxylic acids is 1. The summed E-state index contributed by atoms with van der Waals surface area (Å²) in [6.45, 7) is 5.58. The normalized spacial score (nSPS) is 22.2. The van der Waals surface area contributed by atoms with Gasteiger partial charge < -0.3 is 14.8 Å². The zero-order chi connectivity index (χ0) is 22.6. The summed E-state index contributed by atoms with van der Waals surface area (Å²) in [6, 6.07) is 0.990. The van der Waals surface area contributed by atoms with E-state index in [9.17, 15) is 21.6 Å². The van der Waals surface area contributed by atoms with Crippen LogP contribution >= 0.6 is 11.3 Å². The quantitative estimate of drug-likeness (QED) is 0.335. The molecule has 2 aliphatic heterocycles. The van der Waals surface area contributed by atoms with Crippen LogP contribution < -0.4 is 10.5 Å². The second-order valence-electron chi connectivity index (χ2n) is 7.29. The Morgan fingerprint density at radius 2 is 2.10 bits per heavy atom. The van der Waals surface area contributed by atoms with Crippen molar-refractivity contribution in [3.8, 4) is 0 Å². The number of rotatable bonds is 9. The second kappa shape index (κ2) is 10.2. The molecule has 2 aliphatic rings. The number of nitrogens with zero attached hydrogens (tertiary/aromatic N) is 2. The van der Waals surface area contributed by atoms with Crippen molar-refractivity contribution < 1.29 is 31.1 Å². The van der Waals surface area contributed by atoms with E-state index in [2.05, 4.69) is 5.32 Å². The molecule has 1 atom stereocenters. The number of esters is 1. The first-order valence-corrected chi connectivity index (χ1v) is 13.8. The molecule has 0 unspecified atom stereocenters. The Labute approximate surface area is 186 Å². The van der Waals surface area contributed by atoms with Crippen molar-refractivity contribution in [2.45, 2.75) is 27.8 Å². The summed E-state index contributed by atoms with van der Waals surface area (Å²) in [7, 11) is -7.87. The summed E-state index contributed by atoms with van der Waals surface area (Å²) in [6.07, 6.45) is 0.329. The molecule has 176 valence electrons. The third-order valence-electron chi connectivity index (χ3n) is 5.04. The van der Waals surface area contributed by atoms with Gasteiger partial charge in [0.25, 0.3) is 10.0 Å². The number of fused-ring (bicyclic) bond motifs is 1. The third kappa shape index (κ3) is 6.01. The Morgan fingerprint density at radius 3 is 2.74 bits per heavy atom. The Morgan fingerprint density at radius 1 is 1.39 bits per heavy atom. The van der Waals surface area contributed by atoms with Crippen LogP contribution in [0.1, 0.15) is 24.9 Å². The van der Waals surface area contributed by atoms with Crippen molar-refractivity contribution in [2.24, 2.45) is 5.14 Å². The highest BCUT2D eigenvalue weighted by Gasteiger charge is 2.39. The van der Waals surface area contributed by atoms with Crippen LogP contribution in [-0.2, 0) is 34.3 Å². The van der Waals surface area contributed by atoms with Gasteiger partial charge >= 0.3 is 5.97 Å². The Balaban J connectivity index is 1.61. The number of nitrogens with two attached hydrogens (primary N) is 1. The predicted octanol–water partition coefficient (Wildman–Crippen LogP) is -0.684. The van der Waals surface area contributed by atoms with E-state index in [1.807, 2.05) is 11.8 Å². The molecule has 31 heavy (non-hydrogen) atoms. The molecular weight excluding hydrogens is 468 g/mol. The fourth-order valence-corrected chi connectivity index (χ4v) is 7.82. The molecule has 0 bridgehead atoms. The van der Waals surface area contributed by atoms with Crippen molar-refractivity contribution in [1.82, 2.24) is 14.5 Å². The zero-order valence-corrected chi connectivity index (χ0v) is 19.7. The number of primary sulfonamides is 1. The molecule has 1 aromatic rings. The van der Waals surface area contributed by atoms with Gasteiger partial charge in [-0.1, -0.05) is 6.92 Å². The molecule has 0 aromatic carbocycles. The smallest absolute Gasteiger partial charge is 0.320 e. The first-order chi connectivity index (χ1) is 14.6. The monoisotopic (exact) mass is 496 g/mol. The van der Waals surface area contributed by atoms with Crippen molar-refractivity contribution in [3.63, 3.8) is 0 Å². The molecule has 1 aromatic heterocycles. The number of morpholine rings is 1. The van der Waals surface area contributed by atoms with Gasteiger partial charge in [-0.3, -0.25) is 9.69 Å². The summed E-state index contributed by atoms with van der Waals surface area (Å²) in [5, 5.41) is 8.39. The Bertz CT molecular complexity index is 987. The number of carbonyl (C=O) groups is 1. The average Bonchev–Trinajstić information content (AvgIpc) is 3.17. The first kappa shape index (κ1) is 24.5. The summed E-state index contributed by atoms with van der Waals surface area (Å²) in [4.78, 5) is 13.9. The largest absolute Gasteiger partial charge is 0.465 e. The number of hydrogen-bond donors (Lipinski definition) is 2. The summed E-state index contributed by atoms with van der Waals surface area (Å²) >= 11 is 0.662. The van der Waals surface area contributed by atoms with Gasteiger partial charge in [0, 0.05) is 37.8 Å². The van der Waals surface area contributed by atoms with Gasteiger partial charge in [-0.2, -0.15) is 4.31 Å². The minimum Gasteiger partial charge on any atom is -0.465 e. The highest BCUT2D eigenvalue weighted by molar-refractivity contribution is 7.94. The molecule has 3 heterocycles. The Kier molecular flexibility index (Phi) is 8.07. The van der Waals surface area contributed by atoms with Crippen LogP contribution in [0, 0.1) is 0 Å². The van der Waals surface area contributed by atoms with Crippen molar-refractivity contribution >= 4 is 37.4 Å². The maximum absolute atomic E-state index is 13.0. The first-order valence-electron chi connectivity index (χ1n) is 9.98. The molecule has 0 saturated carbocycles. The van der Waals surface area contributed by atoms with Gasteiger partial charge in [-0.25, -0.2) is 22.0 Å². The molecule has 0 radical (unpaired) electrons. The highest BCUT2D eigenvalue weighted by Crippen LogP contribution is 2.39. The van der Waals surface area contributed by atoms with Crippen LogP contribution in [0.4, 0.5) is 0 Å². The van der Waals surface area contributed by atoms with E-state index in [1.165, 1.54) is 10.4 Å². The number of sulfonamides is 2. The van der Waals surface area contributed by atoms with Crippen LogP contribution in [0.25, 0.3) is 0 Å². The van der Waals surface area contributed by atoms with Gasteiger partial charge in [-0.15, -0.1) is 11.3 Å². The van der Waals surface area contributed by atoms with Crippen molar-refractivity contribution in [3.05, 3.63) is 11.6 Å². The van der Waals surface area contributed by atoms with Gasteiger partial charge in [0.05, 0.1) is 26.4 Å². The summed E-state index contributed by atoms with van der Waals surface area (Å²) in [5.74, 6) is -0.354. The molecule has 0 amide bonds. The lowest BCUT2D eigenvalue weighted by Gasteiger charge is -2.32. The number of likely N-dealkylation sites (N-methyl/N-ethyl adjacent to an activating group) is 1. The number of thiophene rings is 1. The topological polar surface area (TPSA) is 148 Å². The summed E-state index contributed by atoms with van der Waals surface area (Å²) in [5.41, 5.74) is 0.420. The molecule has 1 saturated heterocycles. The van der Waals surface area contributed by atoms with Crippen LogP contribution in [0.2, 0.25) is 0 Å². The lowest BCUT2D eigenvalue weighted by molar-refractivity contribution is -0.146. The lowest BCUT2D eigenvalue weighted by Crippen LogP contribution is -2.44. The third-order valence-corrected chi connectivity index (χ3v) is 10.0. The van der Waals surface area contributed by atoms with Crippen LogP contribution in [0.5, 0.6) is 0 Å². The van der Waals surface area contributed by atoms with Crippen molar-refractivity contribution in [2.75, 3.05) is 59.1 Å². The van der Waals surface area contributed by atoms with Crippen LogP contribution in [0.15, 0.2) is 14.5 Å². The molecular formula is C17H28N4O7S3. The second-order valence-corrected chi connectivity index (χ2v) is 12.3. The van der Waals surface area contributed by atoms with E-state index >= 15 is 0 Å². The standard InChI is InChI=1S/C17H28N4O7S3/c1-2-19-14-11-21(4-3-7-28-15(22)12-20-5-8-27-9-6-20)31(25,26)17-13(14)10-16(29-17)30(18,23)24/h10,14,19H,2-9,11-12H2,1H3,(H2,18,23,24)/t14-/m0/s1. The molecule has 0 aliphatic carbocycles. The fourth-order valence-electron chi connectivity index (χ4n) is 3.51. The van der Waals surface area contributed by atoms with E-state index in [1.54, 1.807) is 0 Å². The predicted molar refractivity (Wildman–Crippen MR) is 114 cm³/mol. The number of ether oxygens (including phenoxy) is 2. The minimum absolute atomic E-state index is 0.0157. The van der Waals surface area contributed by atoms with Gasteiger partial charge in [0.15, 0.2) is 0 Å². The minimum atomic E-state index is -4.01. The maximum Gasteiger partial charge on any atom is 0.320 e. The van der Waals surface area contributed by atoms with E-state index in [0.29, 0.717) is 56.2 Å².